The lowest BCUT2D eigenvalue weighted by molar-refractivity contribution is -0.137. The predicted molar refractivity (Wildman–Crippen MR) is 177 cm³/mol. The fourth-order valence-electron chi connectivity index (χ4n) is 5.47. The van der Waals surface area contributed by atoms with Crippen LogP contribution >= 0.6 is 0 Å². The number of benzene rings is 3. The molecule has 2 aromatic heterocycles. The van der Waals surface area contributed by atoms with Crippen LogP contribution in [0.15, 0.2) is 100 Å². The minimum atomic E-state index is -4.39. The van der Waals surface area contributed by atoms with Crippen molar-refractivity contribution in [1.82, 2.24) is 25.5 Å². The van der Waals surface area contributed by atoms with Crippen molar-refractivity contribution in [3.8, 4) is 11.5 Å². The molecule has 0 radical (unpaired) electrons. The Balaban J connectivity index is 0.000000595. The van der Waals surface area contributed by atoms with E-state index in [-0.39, 0.29) is 35.9 Å². The first-order valence-corrected chi connectivity index (χ1v) is 16.0. The van der Waals surface area contributed by atoms with E-state index < -0.39 is 11.7 Å². The lowest BCUT2D eigenvalue weighted by Crippen LogP contribution is -2.31. The minimum Gasteiger partial charge on any atom is -0.446 e. The van der Waals surface area contributed by atoms with Crippen LogP contribution in [-0.2, 0) is 12.7 Å². The van der Waals surface area contributed by atoms with Gasteiger partial charge in [0.1, 0.15) is 18.6 Å². The highest BCUT2D eigenvalue weighted by Gasteiger charge is 2.34. The molecule has 1 aliphatic rings. The van der Waals surface area contributed by atoms with E-state index in [0.29, 0.717) is 48.6 Å². The molecule has 2 amide bonds. The number of likely N-dealkylation sites (tertiary alicyclic amines) is 1. The van der Waals surface area contributed by atoms with Crippen LogP contribution in [0.2, 0.25) is 0 Å². The van der Waals surface area contributed by atoms with Crippen molar-refractivity contribution in [2.24, 2.45) is 0 Å². The molecule has 5 aromatic rings. The number of alkyl halides is 3. The minimum absolute atomic E-state index is 0.255. The summed E-state index contributed by atoms with van der Waals surface area (Å²) in [6.45, 7) is 5.51. The van der Waals surface area contributed by atoms with Crippen LogP contribution in [0.3, 0.4) is 0 Å². The number of oxazole rings is 2. The van der Waals surface area contributed by atoms with Crippen LogP contribution in [0.1, 0.15) is 74.3 Å². The Bertz CT molecular complexity index is 1820. The summed E-state index contributed by atoms with van der Waals surface area (Å²) in [6.07, 6.45) is 2.13. The van der Waals surface area contributed by atoms with Gasteiger partial charge in [-0.2, -0.15) is 13.2 Å². The molecule has 3 aromatic carbocycles. The number of aryl methyl sites for hydroxylation is 2. The average molecular weight is 674 g/mol. The molecule has 1 saturated heterocycles. The molecule has 12 heteroatoms. The summed E-state index contributed by atoms with van der Waals surface area (Å²) in [5.41, 5.74) is 2.96. The van der Waals surface area contributed by atoms with Gasteiger partial charge in [0.05, 0.1) is 17.5 Å². The van der Waals surface area contributed by atoms with Gasteiger partial charge in [0.2, 0.25) is 11.8 Å². The van der Waals surface area contributed by atoms with E-state index in [1.54, 1.807) is 35.4 Å². The van der Waals surface area contributed by atoms with Gasteiger partial charge in [0.25, 0.3) is 11.8 Å². The van der Waals surface area contributed by atoms with Crippen molar-refractivity contribution >= 4 is 11.8 Å². The standard InChI is InChI=1S/C30H30F3N5O4.C7H8/c1-19-18-42-28(37-19)25-7-3-11-38(25)29(40)23-15-21(14-22(16-23)27-36-10-12-41-27)26(39)35-9-4-8-34-17-20-5-2-6-24(13-20)30(31,32)33;1-7-5-3-2-4-6-7/h2,5-6,10,12-16,18,25,34H,3-4,7-9,11,17H2,1H3,(H,35,39);2-6H,1H3. The average Bonchev–Trinajstić information content (AvgIpc) is 3.89. The molecule has 0 bridgehead atoms. The molecule has 0 spiro atoms. The Morgan fingerprint density at radius 2 is 1.76 bits per heavy atom. The van der Waals surface area contributed by atoms with E-state index in [2.05, 4.69) is 39.7 Å². The van der Waals surface area contributed by atoms with E-state index in [4.69, 9.17) is 8.83 Å². The topological polar surface area (TPSA) is 114 Å². The van der Waals surface area contributed by atoms with Crippen LogP contribution < -0.4 is 10.6 Å². The third-order valence-electron chi connectivity index (χ3n) is 7.90. The number of hydrogen-bond acceptors (Lipinski definition) is 7. The Hall–Kier alpha value is -5.23. The molecule has 1 unspecified atom stereocenters. The highest BCUT2D eigenvalue weighted by atomic mass is 19.4. The molecule has 0 saturated carbocycles. The number of carbonyl (C=O) groups excluding carboxylic acids is 2. The normalized spacial score (nSPS) is 14.3. The molecule has 1 aliphatic heterocycles. The molecule has 3 heterocycles. The van der Waals surface area contributed by atoms with Gasteiger partial charge in [0.15, 0.2) is 0 Å². The molecule has 1 fully saturated rings. The second-order valence-electron chi connectivity index (χ2n) is 11.8. The second-order valence-corrected chi connectivity index (χ2v) is 11.8. The summed E-state index contributed by atoms with van der Waals surface area (Å²) in [5.74, 6) is 0.131. The van der Waals surface area contributed by atoms with E-state index in [1.807, 2.05) is 25.1 Å². The number of hydrogen-bond donors (Lipinski definition) is 2. The molecule has 2 N–H and O–H groups in total. The van der Waals surface area contributed by atoms with Crippen molar-refractivity contribution in [2.75, 3.05) is 19.6 Å². The van der Waals surface area contributed by atoms with Gasteiger partial charge < -0.3 is 24.4 Å². The number of aromatic nitrogens is 2. The van der Waals surface area contributed by atoms with Gasteiger partial charge in [-0.05, 0) is 69.5 Å². The van der Waals surface area contributed by atoms with E-state index in [0.717, 1.165) is 30.7 Å². The lowest BCUT2D eigenvalue weighted by Gasteiger charge is -2.23. The first-order valence-electron chi connectivity index (χ1n) is 16.0. The summed E-state index contributed by atoms with van der Waals surface area (Å²) in [6, 6.07) is 19.9. The van der Waals surface area contributed by atoms with Crippen LogP contribution in [0.5, 0.6) is 0 Å². The zero-order valence-electron chi connectivity index (χ0n) is 27.3. The molecule has 49 heavy (non-hydrogen) atoms. The summed E-state index contributed by atoms with van der Waals surface area (Å²) in [7, 11) is 0. The van der Waals surface area contributed by atoms with Crippen molar-refractivity contribution in [2.45, 2.75) is 51.9 Å². The van der Waals surface area contributed by atoms with Gasteiger partial charge in [-0.1, -0.05) is 54.1 Å². The number of amides is 2. The SMILES string of the molecule is Cc1ccccc1.Cc1coc(C2CCCN2C(=O)c2cc(C(=O)NCCCNCc3cccc(C(F)(F)F)c3)cc(-c3ncco3)c2)n1. The third-order valence-corrected chi connectivity index (χ3v) is 7.90. The van der Waals surface area contributed by atoms with Crippen molar-refractivity contribution < 1.29 is 31.6 Å². The van der Waals surface area contributed by atoms with Gasteiger partial charge >= 0.3 is 6.18 Å². The Morgan fingerprint density at radius 3 is 2.43 bits per heavy atom. The van der Waals surface area contributed by atoms with E-state index in [1.165, 1.54) is 24.1 Å². The molecule has 1 atom stereocenters. The van der Waals surface area contributed by atoms with Gasteiger partial charge in [-0.15, -0.1) is 0 Å². The first kappa shape index (κ1) is 35.1. The van der Waals surface area contributed by atoms with Crippen molar-refractivity contribution in [3.05, 3.63) is 131 Å². The Kier molecular flexibility index (Phi) is 11.6. The third kappa shape index (κ3) is 9.66. The van der Waals surface area contributed by atoms with Gasteiger partial charge in [0, 0.05) is 36.3 Å². The highest BCUT2D eigenvalue weighted by Crippen LogP contribution is 2.34. The Labute approximate surface area is 282 Å². The molecule has 0 aliphatic carbocycles. The molecule has 6 rings (SSSR count). The Morgan fingerprint density at radius 1 is 0.959 bits per heavy atom. The number of nitrogens with one attached hydrogen (secondary N) is 2. The predicted octanol–water partition coefficient (Wildman–Crippen LogP) is 7.54. The number of rotatable bonds is 10. The van der Waals surface area contributed by atoms with Crippen molar-refractivity contribution in [3.63, 3.8) is 0 Å². The maximum absolute atomic E-state index is 13.7. The molecule has 9 nitrogen and oxygen atoms in total. The maximum Gasteiger partial charge on any atom is 0.416 e. The summed E-state index contributed by atoms with van der Waals surface area (Å²) in [4.78, 5) is 37.0. The maximum atomic E-state index is 13.7. The van der Waals surface area contributed by atoms with Crippen LogP contribution in [0.4, 0.5) is 13.2 Å². The fourth-order valence-corrected chi connectivity index (χ4v) is 5.47. The van der Waals surface area contributed by atoms with Crippen molar-refractivity contribution in [1.29, 1.82) is 0 Å². The zero-order valence-corrected chi connectivity index (χ0v) is 27.3. The first-order chi connectivity index (χ1) is 23.6. The quantitative estimate of drug-likeness (QED) is 0.147. The molecular weight excluding hydrogens is 635 g/mol. The summed E-state index contributed by atoms with van der Waals surface area (Å²) in [5, 5.41) is 5.94. The number of halogens is 3. The van der Waals surface area contributed by atoms with Crippen LogP contribution in [0, 0.1) is 13.8 Å². The second kappa shape index (κ2) is 16.2. The smallest absolute Gasteiger partial charge is 0.416 e. The number of nitrogens with zero attached hydrogens (tertiary/aromatic N) is 3. The summed E-state index contributed by atoms with van der Waals surface area (Å²) < 4.78 is 49.8. The monoisotopic (exact) mass is 673 g/mol. The lowest BCUT2D eigenvalue weighted by atomic mass is 10.0. The largest absolute Gasteiger partial charge is 0.446 e. The fraction of sp³-hybridized carbons (Fsp3) is 0.297. The highest BCUT2D eigenvalue weighted by molar-refractivity contribution is 6.01. The van der Waals surface area contributed by atoms with E-state index in [9.17, 15) is 22.8 Å². The molecule has 256 valence electrons. The summed E-state index contributed by atoms with van der Waals surface area (Å²) >= 11 is 0. The van der Waals surface area contributed by atoms with E-state index >= 15 is 0 Å². The van der Waals surface area contributed by atoms with Crippen LogP contribution in [-0.4, -0.2) is 46.3 Å². The van der Waals surface area contributed by atoms with Crippen LogP contribution in [0.25, 0.3) is 11.5 Å². The zero-order chi connectivity index (χ0) is 34.8. The van der Waals surface area contributed by atoms with Gasteiger partial charge in [-0.25, -0.2) is 9.97 Å². The van der Waals surface area contributed by atoms with Gasteiger partial charge in [-0.3, -0.25) is 9.59 Å². The molecular formula is C37H38F3N5O4. The number of carbonyl (C=O) groups is 2.